The molecule has 8 nitrogen and oxygen atoms in total. The van der Waals surface area contributed by atoms with Crippen molar-refractivity contribution < 1.29 is 27.5 Å². The average Bonchev–Trinajstić information content (AvgIpc) is 3.28. The van der Waals surface area contributed by atoms with E-state index in [2.05, 4.69) is 0 Å². The third-order valence-electron chi connectivity index (χ3n) is 5.59. The predicted molar refractivity (Wildman–Crippen MR) is 122 cm³/mol. The number of hydrogen-bond acceptors (Lipinski definition) is 6. The number of amides is 1. The minimum Gasteiger partial charge on any atom is -0.497 e. The Balaban J connectivity index is 1.56. The number of likely N-dealkylation sites (N-methyl/N-ethyl adjacent to an activating group) is 1. The van der Waals surface area contributed by atoms with Gasteiger partial charge in [0.2, 0.25) is 10.0 Å². The van der Waals surface area contributed by atoms with E-state index in [1.54, 1.807) is 21.1 Å². The van der Waals surface area contributed by atoms with Crippen LogP contribution in [0.25, 0.3) is 10.8 Å². The smallest absolute Gasteiger partial charge is 0.324 e. The molecule has 3 rings (SSSR count). The van der Waals surface area contributed by atoms with E-state index in [0.29, 0.717) is 32.4 Å². The second kappa shape index (κ2) is 10.3. The molecule has 1 aliphatic heterocycles. The lowest BCUT2D eigenvalue weighted by molar-refractivity contribution is -0.154. The van der Waals surface area contributed by atoms with Gasteiger partial charge in [-0.05, 0) is 53.8 Å². The molecule has 1 saturated heterocycles. The Morgan fingerprint density at radius 3 is 2.59 bits per heavy atom. The summed E-state index contributed by atoms with van der Waals surface area (Å²) in [6.07, 6.45) is 1.49. The van der Waals surface area contributed by atoms with Gasteiger partial charge in [-0.25, -0.2) is 8.42 Å². The Kier molecular flexibility index (Phi) is 7.73. The van der Waals surface area contributed by atoms with Crippen LogP contribution in [0.5, 0.6) is 5.75 Å². The molecule has 0 aliphatic carbocycles. The zero-order chi connectivity index (χ0) is 23.3. The van der Waals surface area contributed by atoms with Crippen LogP contribution in [0.2, 0.25) is 0 Å². The van der Waals surface area contributed by atoms with Crippen LogP contribution < -0.4 is 4.74 Å². The number of carbonyl (C=O) groups is 2. The van der Waals surface area contributed by atoms with Crippen molar-refractivity contribution in [3.63, 3.8) is 0 Å². The molecule has 9 heteroatoms. The Morgan fingerprint density at radius 2 is 1.88 bits per heavy atom. The quantitative estimate of drug-likeness (QED) is 0.532. The molecule has 2 aromatic carbocycles. The number of esters is 1. The van der Waals surface area contributed by atoms with Gasteiger partial charge in [0.15, 0.2) is 6.61 Å². The van der Waals surface area contributed by atoms with Crippen molar-refractivity contribution >= 4 is 32.7 Å². The molecular formula is C23H30N2O6S. The van der Waals surface area contributed by atoms with Crippen LogP contribution in [0.15, 0.2) is 36.4 Å². The Labute approximate surface area is 189 Å². The highest BCUT2D eigenvalue weighted by Gasteiger charge is 2.39. The maximum atomic E-state index is 12.5. The molecule has 0 N–H and O–H groups in total. The van der Waals surface area contributed by atoms with Gasteiger partial charge in [0.05, 0.1) is 12.9 Å². The normalized spacial score (nSPS) is 16.8. The fourth-order valence-electron chi connectivity index (χ4n) is 3.88. The summed E-state index contributed by atoms with van der Waals surface area (Å²) in [4.78, 5) is 26.5. The Hall–Kier alpha value is -2.65. The second-order valence-corrected chi connectivity index (χ2v) is 10.0. The molecule has 1 unspecified atom stereocenters. The zero-order valence-corrected chi connectivity index (χ0v) is 19.6. The molecule has 0 saturated carbocycles. The van der Waals surface area contributed by atoms with Gasteiger partial charge in [0.1, 0.15) is 11.8 Å². The van der Waals surface area contributed by atoms with Crippen LogP contribution in [-0.2, 0) is 30.9 Å². The summed E-state index contributed by atoms with van der Waals surface area (Å²) < 4.78 is 36.4. The molecule has 32 heavy (non-hydrogen) atoms. The zero-order valence-electron chi connectivity index (χ0n) is 18.7. The van der Waals surface area contributed by atoms with Crippen molar-refractivity contribution in [1.29, 1.82) is 0 Å². The standard InChI is InChI=1S/C23H30N2O6S/c1-4-12-32(28,29)25-11-5-6-21(25)23(27)31-16-22(26)24(2)15-17-7-8-19-14-20(30-3)10-9-18(19)13-17/h7-10,13-14,21H,4-6,11-12,15-16H2,1-3H3. The first-order chi connectivity index (χ1) is 15.2. The van der Waals surface area contributed by atoms with E-state index in [-0.39, 0.29) is 11.7 Å². The number of nitrogens with zero attached hydrogens (tertiary/aromatic N) is 2. The summed E-state index contributed by atoms with van der Waals surface area (Å²) in [5.41, 5.74) is 0.942. The lowest BCUT2D eigenvalue weighted by Crippen LogP contribution is -2.43. The first-order valence-corrected chi connectivity index (χ1v) is 12.3. The van der Waals surface area contributed by atoms with Gasteiger partial charge >= 0.3 is 5.97 Å². The largest absolute Gasteiger partial charge is 0.497 e. The van der Waals surface area contributed by atoms with Crippen LogP contribution in [-0.4, -0.2) is 68.6 Å². The Morgan fingerprint density at radius 1 is 1.16 bits per heavy atom. The monoisotopic (exact) mass is 462 g/mol. The minimum absolute atomic E-state index is 0.00299. The molecule has 2 aromatic rings. The first-order valence-electron chi connectivity index (χ1n) is 10.7. The van der Waals surface area contributed by atoms with Gasteiger partial charge < -0.3 is 14.4 Å². The summed E-state index contributed by atoms with van der Waals surface area (Å²) in [7, 11) is -0.230. The first kappa shape index (κ1) is 24.0. The lowest BCUT2D eigenvalue weighted by atomic mass is 10.1. The number of carbonyl (C=O) groups excluding carboxylic acids is 2. The van der Waals surface area contributed by atoms with E-state index in [0.717, 1.165) is 22.1 Å². The molecule has 1 fully saturated rings. The van der Waals surface area contributed by atoms with Crippen molar-refractivity contribution in [2.75, 3.05) is 33.1 Å². The average molecular weight is 463 g/mol. The SMILES string of the molecule is CCCS(=O)(=O)N1CCCC1C(=O)OCC(=O)N(C)Cc1ccc2cc(OC)ccc2c1. The molecule has 1 aliphatic rings. The number of fused-ring (bicyclic) bond motifs is 1. The number of rotatable bonds is 9. The molecule has 0 spiro atoms. The van der Waals surface area contributed by atoms with Crippen molar-refractivity contribution in [2.45, 2.75) is 38.8 Å². The highest BCUT2D eigenvalue weighted by molar-refractivity contribution is 7.89. The van der Waals surface area contributed by atoms with Crippen molar-refractivity contribution in [3.05, 3.63) is 42.0 Å². The van der Waals surface area contributed by atoms with Crippen LogP contribution in [0.1, 0.15) is 31.7 Å². The third-order valence-corrected chi connectivity index (χ3v) is 7.67. The molecule has 0 aromatic heterocycles. The van der Waals surface area contributed by atoms with Gasteiger partial charge in [0.25, 0.3) is 5.91 Å². The van der Waals surface area contributed by atoms with Gasteiger partial charge in [0, 0.05) is 20.1 Å². The van der Waals surface area contributed by atoms with Gasteiger partial charge in [-0.1, -0.05) is 25.1 Å². The Bertz CT molecular complexity index is 1090. The lowest BCUT2D eigenvalue weighted by Gasteiger charge is -2.23. The van der Waals surface area contributed by atoms with Crippen LogP contribution in [0, 0.1) is 0 Å². The summed E-state index contributed by atoms with van der Waals surface area (Å²) in [5, 5.41) is 2.07. The van der Waals surface area contributed by atoms with Crippen LogP contribution in [0.4, 0.5) is 0 Å². The van der Waals surface area contributed by atoms with Crippen LogP contribution in [0.3, 0.4) is 0 Å². The fraction of sp³-hybridized carbons (Fsp3) is 0.478. The molecule has 1 heterocycles. The molecular weight excluding hydrogens is 432 g/mol. The predicted octanol–water partition coefficient (Wildman–Crippen LogP) is 2.55. The summed E-state index contributed by atoms with van der Waals surface area (Å²) >= 11 is 0. The van der Waals surface area contributed by atoms with Gasteiger partial charge in [-0.3, -0.25) is 9.59 Å². The van der Waals surface area contributed by atoms with E-state index in [4.69, 9.17) is 9.47 Å². The molecule has 1 atom stereocenters. The molecule has 1 amide bonds. The van der Waals surface area contributed by atoms with E-state index < -0.39 is 28.6 Å². The number of benzene rings is 2. The molecule has 174 valence electrons. The highest BCUT2D eigenvalue weighted by atomic mass is 32.2. The van der Waals surface area contributed by atoms with Gasteiger partial charge in [-0.15, -0.1) is 0 Å². The van der Waals surface area contributed by atoms with E-state index in [1.165, 1.54) is 9.21 Å². The highest BCUT2D eigenvalue weighted by Crippen LogP contribution is 2.24. The topological polar surface area (TPSA) is 93.2 Å². The maximum Gasteiger partial charge on any atom is 0.324 e. The number of methoxy groups -OCH3 is 1. The molecule has 0 radical (unpaired) electrons. The summed E-state index contributed by atoms with van der Waals surface area (Å²) in [6.45, 7) is 2.03. The second-order valence-electron chi connectivity index (χ2n) is 7.99. The fourth-order valence-corrected chi connectivity index (χ4v) is 5.62. The van der Waals surface area contributed by atoms with Crippen molar-refractivity contribution in [3.8, 4) is 5.75 Å². The maximum absolute atomic E-state index is 12.5. The summed E-state index contributed by atoms with van der Waals surface area (Å²) in [6, 6.07) is 10.8. The summed E-state index contributed by atoms with van der Waals surface area (Å²) in [5.74, 6) is -0.239. The third kappa shape index (κ3) is 5.58. The van der Waals surface area contributed by atoms with E-state index in [9.17, 15) is 18.0 Å². The minimum atomic E-state index is -3.49. The van der Waals surface area contributed by atoms with Crippen molar-refractivity contribution in [2.24, 2.45) is 0 Å². The number of hydrogen-bond donors (Lipinski definition) is 0. The van der Waals surface area contributed by atoms with Crippen LogP contribution >= 0.6 is 0 Å². The van der Waals surface area contributed by atoms with Gasteiger partial charge in [-0.2, -0.15) is 4.31 Å². The molecule has 0 bridgehead atoms. The van der Waals surface area contributed by atoms with Crippen molar-refractivity contribution in [1.82, 2.24) is 9.21 Å². The van der Waals surface area contributed by atoms with E-state index >= 15 is 0 Å². The number of ether oxygens (including phenoxy) is 2. The van der Waals surface area contributed by atoms with E-state index in [1.807, 2.05) is 36.4 Å². The number of sulfonamides is 1.